The van der Waals surface area contributed by atoms with Gasteiger partial charge in [0.05, 0.1) is 29.6 Å². The maximum absolute atomic E-state index is 13.1. The second-order valence-corrected chi connectivity index (χ2v) is 7.28. The lowest BCUT2D eigenvalue weighted by Gasteiger charge is -2.40. The van der Waals surface area contributed by atoms with Gasteiger partial charge in [-0.25, -0.2) is 9.18 Å². The van der Waals surface area contributed by atoms with Crippen LogP contribution in [0.2, 0.25) is 0 Å². The number of carbonyl (C=O) groups is 2. The van der Waals surface area contributed by atoms with Gasteiger partial charge in [-0.1, -0.05) is 6.42 Å². The van der Waals surface area contributed by atoms with Crippen LogP contribution in [0.3, 0.4) is 0 Å². The number of methoxy groups -OCH3 is 1. The van der Waals surface area contributed by atoms with Gasteiger partial charge in [-0.15, -0.1) is 0 Å². The van der Waals surface area contributed by atoms with Crippen LogP contribution in [0.5, 0.6) is 0 Å². The highest BCUT2D eigenvalue weighted by molar-refractivity contribution is 5.99. The molecule has 2 amide bonds. The number of halogens is 1. The van der Waals surface area contributed by atoms with Crippen molar-refractivity contribution < 1.29 is 18.7 Å². The predicted octanol–water partition coefficient (Wildman–Crippen LogP) is 3.80. The highest BCUT2D eigenvalue weighted by Gasteiger charge is 2.47. The first-order valence-electron chi connectivity index (χ1n) is 9.46. The Labute approximate surface area is 162 Å². The van der Waals surface area contributed by atoms with E-state index < -0.39 is 11.5 Å². The topological polar surface area (TPSA) is 71.5 Å². The van der Waals surface area contributed by atoms with Crippen LogP contribution in [-0.4, -0.2) is 30.6 Å². The average Bonchev–Trinajstić information content (AvgIpc) is 2.67. The zero-order valence-corrected chi connectivity index (χ0v) is 15.7. The highest BCUT2D eigenvalue weighted by Crippen LogP contribution is 2.45. The van der Waals surface area contributed by atoms with Gasteiger partial charge < -0.3 is 10.1 Å². The second-order valence-electron chi connectivity index (χ2n) is 7.28. The number of rotatable bonds is 3. The lowest BCUT2D eigenvalue weighted by molar-refractivity contribution is -0.124. The monoisotopic (exact) mass is 383 g/mol. The molecule has 6 nitrogen and oxygen atoms in total. The molecule has 7 heteroatoms. The number of aromatic nitrogens is 1. The predicted molar refractivity (Wildman–Crippen MR) is 103 cm³/mol. The minimum Gasteiger partial charge on any atom is -0.452 e. The zero-order valence-electron chi connectivity index (χ0n) is 15.7. The summed E-state index contributed by atoms with van der Waals surface area (Å²) >= 11 is 0. The van der Waals surface area contributed by atoms with Gasteiger partial charge in [-0.2, -0.15) is 0 Å². The number of hydrogen-bond donors (Lipinski definition) is 1. The van der Waals surface area contributed by atoms with Crippen molar-refractivity contribution >= 4 is 23.4 Å². The van der Waals surface area contributed by atoms with E-state index in [-0.39, 0.29) is 11.7 Å². The molecule has 4 rings (SSSR count). The van der Waals surface area contributed by atoms with Crippen LogP contribution in [0, 0.1) is 5.82 Å². The zero-order chi connectivity index (χ0) is 19.7. The van der Waals surface area contributed by atoms with Gasteiger partial charge >= 0.3 is 6.09 Å². The van der Waals surface area contributed by atoms with E-state index in [1.807, 2.05) is 12.1 Å². The van der Waals surface area contributed by atoms with Crippen LogP contribution in [0.4, 0.5) is 20.6 Å². The van der Waals surface area contributed by atoms with Gasteiger partial charge in [0, 0.05) is 12.2 Å². The average molecular weight is 383 g/mol. The number of anilines is 2. The van der Waals surface area contributed by atoms with E-state index in [1.54, 1.807) is 17.0 Å². The van der Waals surface area contributed by atoms with Crippen molar-refractivity contribution in [2.75, 3.05) is 23.9 Å². The lowest BCUT2D eigenvalue weighted by Crippen LogP contribution is -2.47. The largest absolute Gasteiger partial charge is 0.452 e. The Morgan fingerprint density at radius 1 is 1.14 bits per heavy atom. The third-order valence-corrected chi connectivity index (χ3v) is 5.67. The molecule has 0 radical (unpaired) electrons. The van der Waals surface area contributed by atoms with Gasteiger partial charge in [0.2, 0.25) is 5.91 Å². The minimum absolute atomic E-state index is 0.126. The minimum atomic E-state index is -0.684. The molecule has 1 N–H and O–H groups in total. The number of benzene rings is 1. The number of fused-ring (bicyclic) bond motifs is 1. The van der Waals surface area contributed by atoms with Crippen LogP contribution in [0.25, 0.3) is 0 Å². The number of hydrogen-bond acceptors (Lipinski definition) is 4. The van der Waals surface area contributed by atoms with Gasteiger partial charge in [0.25, 0.3) is 0 Å². The molecule has 0 saturated heterocycles. The third-order valence-electron chi connectivity index (χ3n) is 5.67. The SMILES string of the molecule is COC(=O)N1CCCc2nc(C3(C(=O)Nc4ccc(F)cc4)CCC3)ccc21. The van der Waals surface area contributed by atoms with Gasteiger partial charge in [-0.05, 0) is 62.1 Å². The van der Waals surface area contributed by atoms with E-state index in [1.165, 1.54) is 19.2 Å². The first-order valence-corrected chi connectivity index (χ1v) is 9.46. The van der Waals surface area contributed by atoms with Crippen LogP contribution in [-0.2, 0) is 21.4 Å². The normalized spacial score (nSPS) is 17.3. The summed E-state index contributed by atoms with van der Waals surface area (Å²) in [5.74, 6) is -0.471. The van der Waals surface area contributed by atoms with Crippen molar-refractivity contribution in [2.24, 2.45) is 0 Å². The molecule has 2 aromatic rings. The fourth-order valence-electron chi connectivity index (χ4n) is 3.93. The Morgan fingerprint density at radius 3 is 2.54 bits per heavy atom. The molecule has 0 unspecified atom stereocenters. The number of ether oxygens (including phenoxy) is 1. The summed E-state index contributed by atoms with van der Waals surface area (Å²) in [6.07, 6.45) is 3.53. The first kappa shape index (κ1) is 18.4. The van der Waals surface area contributed by atoms with Crippen LogP contribution < -0.4 is 10.2 Å². The van der Waals surface area contributed by atoms with Crippen molar-refractivity contribution in [1.29, 1.82) is 0 Å². The second kappa shape index (κ2) is 7.22. The quantitative estimate of drug-likeness (QED) is 0.875. The van der Waals surface area contributed by atoms with E-state index >= 15 is 0 Å². The number of carbonyl (C=O) groups excluding carboxylic acids is 2. The molecule has 1 saturated carbocycles. The maximum atomic E-state index is 13.1. The smallest absolute Gasteiger partial charge is 0.414 e. The molecule has 1 aliphatic heterocycles. The molecule has 146 valence electrons. The number of aryl methyl sites for hydroxylation is 1. The maximum Gasteiger partial charge on any atom is 0.414 e. The molecule has 1 aromatic heterocycles. The summed E-state index contributed by atoms with van der Waals surface area (Å²) in [6.45, 7) is 0.594. The van der Waals surface area contributed by atoms with E-state index in [0.29, 0.717) is 25.1 Å². The fourth-order valence-corrected chi connectivity index (χ4v) is 3.93. The lowest BCUT2D eigenvalue weighted by atomic mass is 9.65. The number of pyridine rings is 1. The summed E-state index contributed by atoms with van der Waals surface area (Å²) in [6, 6.07) is 9.44. The molecule has 1 fully saturated rings. The van der Waals surface area contributed by atoms with Crippen LogP contribution >= 0.6 is 0 Å². The third kappa shape index (κ3) is 3.10. The van der Waals surface area contributed by atoms with Crippen molar-refractivity contribution in [2.45, 2.75) is 37.5 Å². The molecular weight excluding hydrogens is 361 g/mol. The van der Waals surface area contributed by atoms with Crippen molar-refractivity contribution in [1.82, 2.24) is 4.98 Å². The molecule has 2 aliphatic rings. The first-order chi connectivity index (χ1) is 13.5. The van der Waals surface area contributed by atoms with Gasteiger partial charge in [0.1, 0.15) is 5.82 Å². The summed E-state index contributed by atoms with van der Waals surface area (Å²) in [7, 11) is 1.36. The van der Waals surface area contributed by atoms with E-state index in [9.17, 15) is 14.0 Å². The molecule has 1 aromatic carbocycles. The molecule has 0 bridgehead atoms. The summed E-state index contributed by atoms with van der Waals surface area (Å²) in [4.78, 5) is 31.4. The highest BCUT2D eigenvalue weighted by atomic mass is 19.1. The number of nitrogens with one attached hydrogen (secondary N) is 1. The number of amides is 2. The molecule has 1 aliphatic carbocycles. The Kier molecular flexibility index (Phi) is 4.75. The van der Waals surface area contributed by atoms with Gasteiger partial charge in [0.15, 0.2) is 0 Å². The standard InChI is InChI=1S/C21H22FN3O3/c1-28-20(27)25-13-2-4-16-17(25)9-10-18(24-16)21(11-3-12-21)19(26)23-15-7-5-14(22)6-8-15/h5-10H,2-4,11-13H2,1H3,(H,23,26). The van der Waals surface area contributed by atoms with Crippen LogP contribution in [0.1, 0.15) is 37.1 Å². The fraction of sp³-hybridized carbons (Fsp3) is 0.381. The molecule has 0 atom stereocenters. The molecule has 28 heavy (non-hydrogen) atoms. The van der Waals surface area contributed by atoms with Gasteiger partial charge in [-0.3, -0.25) is 14.7 Å². The van der Waals surface area contributed by atoms with E-state index in [0.717, 1.165) is 36.3 Å². The molecular formula is C21H22FN3O3. The Morgan fingerprint density at radius 2 is 1.89 bits per heavy atom. The van der Waals surface area contributed by atoms with Crippen molar-refractivity contribution in [3.8, 4) is 0 Å². The van der Waals surface area contributed by atoms with Crippen molar-refractivity contribution in [3.05, 3.63) is 53.6 Å². The molecule has 0 spiro atoms. The van der Waals surface area contributed by atoms with Crippen molar-refractivity contribution in [3.63, 3.8) is 0 Å². The summed E-state index contributed by atoms with van der Waals surface area (Å²) in [5.41, 5.74) is 2.17. The Bertz CT molecular complexity index is 910. The Hall–Kier alpha value is -2.96. The van der Waals surface area contributed by atoms with E-state index in [4.69, 9.17) is 9.72 Å². The summed E-state index contributed by atoms with van der Waals surface area (Å²) in [5, 5.41) is 2.90. The molecule has 2 heterocycles. The number of nitrogens with zero attached hydrogens (tertiary/aromatic N) is 2. The Balaban J connectivity index is 1.62. The van der Waals surface area contributed by atoms with E-state index in [2.05, 4.69) is 5.32 Å². The summed E-state index contributed by atoms with van der Waals surface area (Å²) < 4.78 is 18.0. The van der Waals surface area contributed by atoms with Crippen LogP contribution in [0.15, 0.2) is 36.4 Å².